The molecule has 0 saturated heterocycles. The van der Waals surface area contributed by atoms with Gasteiger partial charge >= 0.3 is 0 Å². The summed E-state index contributed by atoms with van der Waals surface area (Å²) in [5.41, 5.74) is 3.60. The van der Waals surface area contributed by atoms with Crippen LogP contribution in [0.25, 0.3) is 0 Å². The molecule has 24 heavy (non-hydrogen) atoms. The molecule has 7 heteroatoms. The molecule has 0 aliphatic rings. The lowest BCUT2D eigenvalue weighted by Gasteiger charge is -2.07. The Morgan fingerprint density at radius 3 is 2.42 bits per heavy atom. The molecular weight excluding hydrogens is 310 g/mol. The Morgan fingerprint density at radius 1 is 1.04 bits per heavy atom. The number of nitrogens with zero attached hydrogens (tertiary/aromatic N) is 1. The first-order valence-corrected chi connectivity index (χ1v) is 7.18. The highest BCUT2D eigenvalue weighted by atomic mass is 16.5. The van der Waals surface area contributed by atoms with Gasteiger partial charge in [-0.2, -0.15) is 5.10 Å². The normalized spacial score (nSPS) is 10.4. The standard InChI is InChI=1S/C17H17N3O4/c21-11-16(22)20-18-10-13-6-8-15(9-7-13)24-12-17(23)19-14-4-2-1-3-5-14/h1-10,21H,11-12H2,(H,19,23)(H,20,22)/b18-10-. The summed E-state index contributed by atoms with van der Waals surface area (Å²) < 4.78 is 5.40. The van der Waals surface area contributed by atoms with Gasteiger partial charge in [-0.15, -0.1) is 0 Å². The average Bonchev–Trinajstić information content (AvgIpc) is 2.61. The van der Waals surface area contributed by atoms with Gasteiger partial charge in [-0.05, 0) is 42.0 Å². The van der Waals surface area contributed by atoms with Crippen molar-refractivity contribution in [1.82, 2.24) is 5.43 Å². The first kappa shape index (κ1) is 17.2. The van der Waals surface area contributed by atoms with E-state index in [4.69, 9.17) is 9.84 Å². The van der Waals surface area contributed by atoms with E-state index in [0.717, 1.165) is 5.56 Å². The van der Waals surface area contributed by atoms with Gasteiger partial charge in [0, 0.05) is 5.69 Å². The lowest BCUT2D eigenvalue weighted by Crippen LogP contribution is -2.20. The summed E-state index contributed by atoms with van der Waals surface area (Å²) in [5, 5.41) is 14.9. The Labute approximate surface area is 139 Å². The number of rotatable bonds is 7. The van der Waals surface area contributed by atoms with Crippen molar-refractivity contribution in [2.24, 2.45) is 5.10 Å². The summed E-state index contributed by atoms with van der Waals surface area (Å²) in [5.74, 6) is -0.302. The van der Waals surface area contributed by atoms with E-state index in [0.29, 0.717) is 11.4 Å². The first-order chi connectivity index (χ1) is 11.7. The lowest BCUT2D eigenvalue weighted by atomic mass is 10.2. The molecule has 0 aliphatic carbocycles. The lowest BCUT2D eigenvalue weighted by molar-refractivity contribution is -0.123. The quantitative estimate of drug-likeness (QED) is 0.524. The van der Waals surface area contributed by atoms with Crippen LogP contribution in [0.2, 0.25) is 0 Å². The van der Waals surface area contributed by atoms with Gasteiger partial charge in [0.05, 0.1) is 6.21 Å². The Bertz CT molecular complexity index is 700. The van der Waals surface area contributed by atoms with Crippen LogP contribution in [0.3, 0.4) is 0 Å². The number of hydrogen-bond acceptors (Lipinski definition) is 5. The molecule has 0 aliphatic heterocycles. The minimum absolute atomic E-state index is 0.102. The van der Waals surface area contributed by atoms with Crippen molar-refractivity contribution in [3.8, 4) is 5.75 Å². The number of hydrazone groups is 1. The van der Waals surface area contributed by atoms with Crippen LogP contribution in [-0.2, 0) is 9.59 Å². The van der Waals surface area contributed by atoms with Crippen LogP contribution in [0.5, 0.6) is 5.75 Å². The largest absolute Gasteiger partial charge is 0.484 e. The van der Waals surface area contributed by atoms with Crippen molar-refractivity contribution in [3.05, 3.63) is 60.2 Å². The van der Waals surface area contributed by atoms with E-state index in [1.165, 1.54) is 6.21 Å². The molecule has 2 amide bonds. The molecule has 0 radical (unpaired) electrons. The molecule has 0 fully saturated rings. The monoisotopic (exact) mass is 327 g/mol. The van der Waals surface area contributed by atoms with E-state index in [-0.39, 0.29) is 12.5 Å². The van der Waals surface area contributed by atoms with Crippen LogP contribution in [0.15, 0.2) is 59.7 Å². The zero-order valence-corrected chi connectivity index (χ0v) is 12.8. The Kier molecular flexibility index (Phi) is 6.48. The van der Waals surface area contributed by atoms with Gasteiger partial charge < -0.3 is 15.2 Å². The molecule has 2 rings (SSSR count). The van der Waals surface area contributed by atoms with Gasteiger partial charge in [0.15, 0.2) is 6.61 Å². The maximum atomic E-state index is 11.8. The number of anilines is 1. The van der Waals surface area contributed by atoms with Gasteiger partial charge in [-0.25, -0.2) is 5.43 Å². The van der Waals surface area contributed by atoms with Crippen LogP contribution in [0, 0.1) is 0 Å². The van der Waals surface area contributed by atoms with E-state index in [1.807, 2.05) is 18.2 Å². The van der Waals surface area contributed by atoms with E-state index in [9.17, 15) is 9.59 Å². The predicted molar refractivity (Wildman–Crippen MR) is 89.8 cm³/mol. The van der Waals surface area contributed by atoms with E-state index < -0.39 is 12.5 Å². The highest BCUT2D eigenvalue weighted by Gasteiger charge is 2.03. The molecule has 2 aromatic rings. The maximum absolute atomic E-state index is 11.8. The molecular formula is C17H17N3O4. The molecule has 0 bridgehead atoms. The van der Waals surface area contributed by atoms with Gasteiger partial charge in [0.1, 0.15) is 12.4 Å². The second kappa shape index (κ2) is 9.06. The second-order valence-electron chi connectivity index (χ2n) is 4.72. The molecule has 2 aromatic carbocycles. The summed E-state index contributed by atoms with van der Waals surface area (Å²) in [7, 11) is 0. The molecule has 124 valence electrons. The van der Waals surface area contributed by atoms with Crippen molar-refractivity contribution in [3.63, 3.8) is 0 Å². The third-order valence-electron chi connectivity index (χ3n) is 2.85. The second-order valence-corrected chi connectivity index (χ2v) is 4.72. The number of hydrogen-bond donors (Lipinski definition) is 3. The van der Waals surface area contributed by atoms with Crippen LogP contribution in [0.1, 0.15) is 5.56 Å². The molecule has 0 saturated carbocycles. The number of aliphatic hydroxyl groups excluding tert-OH is 1. The minimum atomic E-state index is -0.616. The fourth-order valence-corrected chi connectivity index (χ4v) is 1.73. The maximum Gasteiger partial charge on any atom is 0.265 e. The number of para-hydroxylation sites is 1. The SMILES string of the molecule is O=C(CO)N/N=C\c1ccc(OCC(=O)Nc2ccccc2)cc1. The van der Waals surface area contributed by atoms with Crippen LogP contribution in [-0.4, -0.2) is 36.3 Å². The zero-order valence-electron chi connectivity index (χ0n) is 12.8. The number of carbonyl (C=O) groups excluding carboxylic acids is 2. The third kappa shape index (κ3) is 5.90. The highest BCUT2D eigenvalue weighted by molar-refractivity contribution is 5.91. The fraction of sp³-hybridized carbons (Fsp3) is 0.118. The summed E-state index contributed by atoms with van der Waals surface area (Å²) in [6.45, 7) is -0.718. The third-order valence-corrected chi connectivity index (χ3v) is 2.85. The zero-order chi connectivity index (χ0) is 17.2. The summed E-state index contributed by atoms with van der Waals surface area (Å²) in [6.07, 6.45) is 1.43. The van der Waals surface area contributed by atoms with Gasteiger partial charge in [0.2, 0.25) is 0 Å². The van der Waals surface area contributed by atoms with Crippen LogP contribution in [0.4, 0.5) is 5.69 Å². The van der Waals surface area contributed by atoms with Crippen LogP contribution >= 0.6 is 0 Å². The van der Waals surface area contributed by atoms with Gasteiger partial charge in [0.25, 0.3) is 11.8 Å². The van der Waals surface area contributed by atoms with E-state index >= 15 is 0 Å². The number of nitrogens with one attached hydrogen (secondary N) is 2. The van der Waals surface area contributed by atoms with Crippen molar-refractivity contribution < 1.29 is 19.4 Å². The molecule has 0 spiro atoms. The Balaban J connectivity index is 1.79. The average molecular weight is 327 g/mol. The van der Waals surface area contributed by atoms with E-state index in [1.54, 1.807) is 36.4 Å². The smallest absolute Gasteiger partial charge is 0.265 e. The first-order valence-electron chi connectivity index (χ1n) is 7.18. The summed E-state index contributed by atoms with van der Waals surface area (Å²) in [4.78, 5) is 22.6. The number of benzene rings is 2. The molecule has 0 atom stereocenters. The van der Waals surface area contributed by atoms with E-state index in [2.05, 4.69) is 15.8 Å². The molecule has 0 aromatic heterocycles. The highest BCUT2D eigenvalue weighted by Crippen LogP contribution is 2.11. The summed E-state index contributed by atoms with van der Waals surface area (Å²) >= 11 is 0. The number of carbonyl (C=O) groups is 2. The molecule has 0 heterocycles. The molecule has 3 N–H and O–H groups in total. The van der Waals surface area contributed by atoms with Crippen molar-refractivity contribution >= 4 is 23.7 Å². The summed E-state index contributed by atoms with van der Waals surface area (Å²) in [6, 6.07) is 15.9. The molecule has 7 nitrogen and oxygen atoms in total. The number of aliphatic hydroxyl groups is 1. The van der Waals surface area contributed by atoms with Crippen molar-refractivity contribution in [2.45, 2.75) is 0 Å². The van der Waals surface area contributed by atoms with Crippen molar-refractivity contribution in [2.75, 3.05) is 18.5 Å². The topological polar surface area (TPSA) is 100 Å². The fourth-order valence-electron chi connectivity index (χ4n) is 1.73. The van der Waals surface area contributed by atoms with Crippen LogP contribution < -0.4 is 15.5 Å². The van der Waals surface area contributed by atoms with Gasteiger partial charge in [-0.3, -0.25) is 9.59 Å². The number of amides is 2. The predicted octanol–water partition coefficient (Wildman–Crippen LogP) is 1.15. The van der Waals surface area contributed by atoms with Gasteiger partial charge in [-0.1, -0.05) is 18.2 Å². The Hall–Kier alpha value is -3.19. The number of ether oxygens (including phenoxy) is 1. The minimum Gasteiger partial charge on any atom is -0.484 e. The molecule has 0 unspecified atom stereocenters. The Morgan fingerprint density at radius 2 is 1.75 bits per heavy atom. The van der Waals surface area contributed by atoms with Crippen molar-refractivity contribution in [1.29, 1.82) is 0 Å².